The summed E-state index contributed by atoms with van der Waals surface area (Å²) in [6.07, 6.45) is 14.4. The van der Waals surface area contributed by atoms with Gasteiger partial charge in [0.15, 0.2) is 0 Å². The van der Waals surface area contributed by atoms with Crippen LogP contribution in [0, 0.1) is 5.92 Å². The molecule has 2 aliphatic rings. The first-order valence-corrected chi connectivity index (χ1v) is 5.40. The van der Waals surface area contributed by atoms with Gasteiger partial charge in [0, 0.05) is 5.92 Å². The van der Waals surface area contributed by atoms with Crippen LogP contribution >= 0.6 is 0 Å². The van der Waals surface area contributed by atoms with Crippen LogP contribution in [0.4, 0.5) is 0 Å². The van der Waals surface area contributed by atoms with Crippen LogP contribution in [0.5, 0.6) is 0 Å². The molecule has 0 N–H and O–H groups in total. The zero-order chi connectivity index (χ0) is 11.3. The molecule has 0 amide bonds. The molecule has 0 aromatic heterocycles. The fraction of sp³-hybridized carbons (Fsp3) is 0.200. The van der Waals surface area contributed by atoms with Crippen LogP contribution in [-0.2, 0) is 0 Å². The van der Waals surface area contributed by atoms with Crippen LogP contribution in [0.1, 0.15) is 13.8 Å². The third kappa shape index (κ3) is 2.27. The van der Waals surface area contributed by atoms with Gasteiger partial charge in [-0.15, -0.1) is 0 Å². The molecule has 0 fully saturated rings. The minimum absolute atomic E-state index is 0.340. The summed E-state index contributed by atoms with van der Waals surface area (Å²) in [5, 5.41) is 0. The lowest BCUT2D eigenvalue weighted by molar-refractivity contribution is 0.892. The van der Waals surface area contributed by atoms with Crippen LogP contribution in [0.25, 0.3) is 0 Å². The lowest BCUT2D eigenvalue weighted by Gasteiger charge is -2.25. The van der Waals surface area contributed by atoms with Gasteiger partial charge in [-0.25, -0.2) is 0 Å². The number of hydrogen-bond donors (Lipinski definition) is 0. The summed E-state index contributed by atoms with van der Waals surface area (Å²) >= 11 is 0. The second-order valence-corrected chi connectivity index (χ2v) is 3.26. The van der Waals surface area contributed by atoms with Crippen LogP contribution in [-0.4, -0.2) is 0 Å². The number of hydrogen-bond acceptors (Lipinski definition) is 0. The maximum Gasteiger partial charge on any atom is 0.0333 e. The van der Waals surface area contributed by atoms with E-state index in [4.69, 9.17) is 0 Å². The minimum atomic E-state index is 0.340. The smallest absolute Gasteiger partial charge is 0.0333 e. The molecule has 0 aromatic carbocycles. The molecule has 0 saturated carbocycles. The van der Waals surface area contributed by atoms with Crippen LogP contribution in [0.15, 0.2) is 72.4 Å². The maximum atomic E-state index is 4.05. The molecule has 15 heavy (non-hydrogen) atoms. The van der Waals surface area contributed by atoms with Crippen molar-refractivity contribution in [3.63, 3.8) is 0 Å². The van der Waals surface area contributed by atoms with E-state index < -0.39 is 0 Å². The first-order chi connectivity index (χ1) is 7.33. The van der Waals surface area contributed by atoms with Crippen molar-refractivity contribution in [2.45, 2.75) is 13.8 Å². The summed E-state index contributed by atoms with van der Waals surface area (Å²) in [5.74, 6) is 0.340. The van der Waals surface area contributed by atoms with Crippen molar-refractivity contribution in [1.29, 1.82) is 0 Å². The van der Waals surface area contributed by atoms with Gasteiger partial charge in [0.05, 0.1) is 0 Å². The van der Waals surface area contributed by atoms with E-state index in [0.717, 1.165) is 5.57 Å². The standard InChI is InChI=1S/C13H12.C2H6/c1-3-11-7-5-9-12-8-4-6-10(2)13(11)12;1-2/h3-9,13H,1-2H2;1-2H3. The molecule has 1 atom stereocenters. The Labute approximate surface area is 92.7 Å². The van der Waals surface area contributed by atoms with E-state index in [1.54, 1.807) is 0 Å². The summed E-state index contributed by atoms with van der Waals surface area (Å²) < 4.78 is 0. The minimum Gasteiger partial charge on any atom is -0.0988 e. The van der Waals surface area contributed by atoms with Crippen molar-refractivity contribution in [3.05, 3.63) is 72.4 Å². The lowest BCUT2D eigenvalue weighted by Crippen LogP contribution is -2.11. The quantitative estimate of drug-likeness (QED) is 0.587. The Morgan fingerprint density at radius 1 is 1.13 bits per heavy atom. The highest BCUT2D eigenvalue weighted by Crippen LogP contribution is 2.34. The molecule has 0 aliphatic heterocycles. The zero-order valence-electron chi connectivity index (χ0n) is 9.53. The Balaban J connectivity index is 0.000000531. The van der Waals surface area contributed by atoms with Gasteiger partial charge in [-0.1, -0.05) is 69.5 Å². The van der Waals surface area contributed by atoms with Crippen molar-refractivity contribution >= 4 is 0 Å². The van der Waals surface area contributed by atoms with E-state index in [-0.39, 0.29) is 0 Å². The van der Waals surface area contributed by atoms with Crippen molar-refractivity contribution in [1.82, 2.24) is 0 Å². The number of fused-ring (bicyclic) bond motifs is 1. The largest absolute Gasteiger partial charge is 0.0988 e. The van der Waals surface area contributed by atoms with E-state index in [2.05, 4.69) is 43.5 Å². The van der Waals surface area contributed by atoms with Gasteiger partial charge in [0.1, 0.15) is 0 Å². The third-order valence-corrected chi connectivity index (χ3v) is 2.45. The fourth-order valence-electron chi connectivity index (χ4n) is 1.80. The van der Waals surface area contributed by atoms with Gasteiger partial charge in [-0.3, -0.25) is 0 Å². The molecule has 78 valence electrons. The van der Waals surface area contributed by atoms with Crippen LogP contribution in [0.2, 0.25) is 0 Å². The molecule has 0 heterocycles. The first-order valence-electron chi connectivity index (χ1n) is 5.40. The third-order valence-electron chi connectivity index (χ3n) is 2.45. The highest BCUT2D eigenvalue weighted by atomic mass is 14.2. The average molecular weight is 198 g/mol. The van der Waals surface area contributed by atoms with Crippen molar-refractivity contribution < 1.29 is 0 Å². The molecule has 2 aliphatic carbocycles. The predicted molar refractivity (Wildman–Crippen MR) is 68.6 cm³/mol. The Kier molecular flexibility index (Phi) is 4.11. The van der Waals surface area contributed by atoms with E-state index >= 15 is 0 Å². The monoisotopic (exact) mass is 198 g/mol. The van der Waals surface area contributed by atoms with Crippen LogP contribution < -0.4 is 0 Å². The number of rotatable bonds is 1. The second kappa shape index (κ2) is 5.35. The second-order valence-electron chi connectivity index (χ2n) is 3.26. The van der Waals surface area contributed by atoms with Gasteiger partial charge in [0.2, 0.25) is 0 Å². The van der Waals surface area contributed by atoms with Gasteiger partial charge < -0.3 is 0 Å². The maximum absolute atomic E-state index is 4.05. The summed E-state index contributed by atoms with van der Waals surface area (Å²) in [7, 11) is 0. The Bertz CT molecular complexity index is 365. The van der Waals surface area contributed by atoms with Crippen LogP contribution in [0.3, 0.4) is 0 Å². The van der Waals surface area contributed by atoms with Gasteiger partial charge in [0.25, 0.3) is 0 Å². The molecule has 2 rings (SSSR count). The van der Waals surface area contributed by atoms with Crippen molar-refractivity contribution in [2.24, 2.45) is 5.92 Å². The molecular weight excluding hydrogens is 180 g/mol. The van der Waals surface area contributed by atoms with Gasteiger partial charge in [-0.05, 0) is 16.7 Å². The Hall–Kier alpha value is -1.56. The molecule has 0 radical (unpaired) electrons. The normalized spacial score (nSPS) is 22.0. The van der Waals surface area contributed by atoms with Gasteiger partial charge in [-0.2, -0.15) is 0 Å². The average Bonchev–Trinajstić information content (AvgIpc) is 2.31. The Morgan fingerprint density at radius 2 is 1.80 bits per heavy atom. The molecule has 1 unspecified atom stereocenters. The van der Waals surface area contributed by atoms with E-state index in [9.17, 15) is 0 Å². The molecule has 0 spiro atoms. The van der Waals surface area contributed by atoms with E-state index in [1.807, 2.05) is 26.0 Å². The van der Waals surface area contributed by atoms with Crippen molar-refractivity contribution in [2.75, 3.05) is 0 Å². The topological polar surface area (TPSA) is 0 Å². The van der Waals surface area contributed by atoms with Crippen molar-refractivity contribution in [3.8, 4) is 0 Å². The highest BCUT2D eigenvalue weighted by Gasteiger charge is 2.20. The molecule has 0 nitrogen and oxygen atoms in total. The van der Waals surface area contributed by atoms with E-state index in [1.165, 1.54) is 11.1 Å². The fourth-order valence-corrected chi connectivity index (χ4v) is 1.80. The summed E-state index contributed by atoms with van der Waals surface area (Å²) in [6, 6.07) is 0. The molecule has 0 bridgehead atoms. The molecule has 0 heteroatoms. The predicted octanol–water partition coefficient (Wildman–Crippen LogP) is 4.36. The summed E-state index contributed by atoms with van der Waals surface area (Å²) in [4.78, 5) is 0. The first kappa shape index (κ1) is 11.5. The molecular formula is C15H18. The lowest BCUT2D eigenvalue weighted by atomic mass is 9.79. The number of allylic oxidation sites excluding steroid dienone is 10. The molecule has 0 saturated heterocycles. The SMILES string of the molecule is C=CC1=CC=CC2=CC=CC(=C)C12.CC. The van der Waals surface area contributed by atoms with E-state index in [0.29, 0.717) is 5.92 Å². The van der Waals surface area contributed by atoms with Gasteiger partial charge >= 0.3 is 0 Å². The summed E-state index contributed by atoms with van der Waals surface area (Å²) in [6.45, 7) is 11.9. The molecule has 0 aromatic rings. The summed E-state index contributed by atoms with van der Waals surface area (Å²) in [5.41, 5.74) is 3.70. The highest BCUT2D eigenvalue weighted by molar-refractivity contribution is 5.53. The zero-order valence-corrected chi connectivity index (χ0v) is 9.53. The Morgan fingerprint density at radius 3 is 2.47 bits per heavy atom.